The zero-order chi connectivity index (χ0) is 13.1. The van der Waals surface area contributed by atoms with Crippen molar-refractivity contribution in [1.82, 2.24) is 0 Å². The van der Waals surface area contributed by atoms with E-state index in [4.69, 9.17) is 4.74 Å². The quantitative estimate of drug-likeness (QED) is 0.670. The van der Waals surface area contributed by atoms with Crippen molar-refractivity contribution in [2.45, 2.75) is 13.8 Å². The summed E-state index contributed by atoms with van der Waals surface area (Å²) in [6.45, 7) is 4.02. The molecule has 17 heavy (non-hydrogen) atoms. The number of carbonyl (C=O) groups excluding carboxylic acids is 1. The summed E-state index contributed by atoms with van der Waals surface area (Å²) in [4.78, 5) is 11.5. The van der Waals surface area contributed by atoms with Gasteiger partial charge in [-0.1, -0.05) is 0 Å². The van der Waals surface area contributed by atoms with Crippen molar-refractivity contribution in [2.75, 3.05) is 19.0 Å². The molecular weight excluding hydrogens is 336 g/mol. The third kappa shape index (κ3) is 3.83. The largest absolute Gasteiger partial charge is 0.469 e. The standard InChI is InChI=1S/C12H15FINO2/c1-12(2,11(16)17-3)7-15-10-5-4-8(13)6-9(10)14/h4-6,15H,7H2,1-3H3. The molecule has 0 amide bonds. The maximum atomic E-state index is 12.9. The van der Waals surface area contributed by atoms with Crippen LogP contribution < -0.4 is 5.32 Å². The summed E-state index contributed by atoms with van der Waals surface area (Å²) >= 11 is 2.05. The van der Waals surface area contributed by atoms with Gasteiger partial charge in [-0.15, -0.1) is 0 Å². The molecule has 0 radical (unpaired) electrons. The van der Waals surface area contributed by atoms with Gasteiger partial charge >= 0.3 is 5.97 Å². The molecule has 0 aliphatic carbocycles. The minimum Gasteiger partial charge on any atom is -0.469 e. The Hall–Kier alpha value is -0.850. The lowest BCUT2D eigenvalue weighted by Crippen LogP contribution is -2.33. The van der Waals surface area contributed by atoms with Crippen molar-refractivity contribution in [2.24, 2.45) is 5.41 Å². The average Bonchev–Trinajstić information content (AvgIpc) is 2.26. The summed E-state index contributed by atoms with van der Waals surface area (Å²) in [6.07, 6.45) is 0. The van der Waals surface area contributed by atoms with Gasteiger partial charge in [-0.25, -0.2) is 4.39 Å². The normalized spacial score (nSPS) is 11.1. The lowest BCUT2D eigenvalue weighted by atomic mass is 9.93. The molecule has 5 heteroatoms. The van der Waals surface area contributed by atoms with Crippen LogP contribution in [0, 0.1) is 14.8 Å². The van der Waals surface area contributed by atoms with Gasteiger partial charge in [-0.2, -0.15) is 0 Å². The Bertz CT molecular complexity index is 421. The van der Waals surface area contributed by atoms with Crippen LogP contribution in [-0.4, -0.2) is 19.6 Å². The lowest BCUT2D eigenvalue weighted by molar-refractivity contribution is -0.149. The minimum absolute atomic E-state index is 0.271. The molecule has 0 aliphatic heterocycles. The first kappa shape index (κ1) is 14.2. The Labute approximate surface area is 114 Å². The zero-order valence-corrected chi connectivity index (χ0v) is 12.2. The van der Waals surface area contributed by atoms with Gasteiger partial charge in [0.05, 0.1) is 12.5 Å². The predicted molar refractivity (Wildman–Crippen MR) is 73.4 cm³/mol. The summed E-state index contributed by atoms with van der Waals surface area (Å²) in [6, 6.07) is 4.48. The van der Waals surface area contributed by atoms with E-state index in [0.717, 1.165) is 9.26 Å². The van der Waals surface area contributed by atoms with Crippen LogP contribution in [0.1, 0.15) is 13.8 Å². The Balaban J connectivity index is 2.70. The van der Waals surface area contributed by atoms with E-state index in [-0.39, 0.29) is 11.8 Å². The molecule has 94 valence electrons. The van der Waals surface area contributed by atoms with E-state index in [2.05, 4.69) is 5.32 Å². The highest BCUT2D eigenvalue weighted by Gasteiger charge is 2.28. The van der Waals surface area contributed by atoms with Crippen molar-refractivity contribution in [1.29, 1.82) is 0 Å². The van der Waals surface area contributed by atoms with Gasteiger partial charge in [0, 0.05) is 15.8 Å². The van der Waals surface area contributed by atoms with Gasteiger partial charge in [0.15, 0.2) is 0 Å². The Morgan fingerprint density at radius 2 is 2.18 bits per heavy atom. The fraction of sp³-hybridized carbons (Fsp3) is 0.417. The highest BCUT2D eigenvalue weighted by atomic mass is 127. The van der Waals surface area contributed by atoms with E-state index < -0.39 is 5.41 Å². The predicted octanol–water partition coefficient (Wildman–Crippen LogP) is 3.04. The molecule has 0 aromatic heterocycles. The first-order chi connectivity index (χ1) is 7.86. The zero-order valence-electron chi connectivity index (χ0n) is 10.0. The molecule has 3 nitrogen and oxygen atoms in total. The minimum atomic E-state index is -0.619. The monoisotopic (exact) mass is 351 g/mol. The highest BCUT2D eigenvalue weighted by molar-refractivity contribution is 14.1. The number of ether oxygens (including phenoxy) is 1. The fourth-order valence-electron chi connectivity index (χ4n) is 1.30. The van der Waals surface area contributed by atoms with Gasteiger partial charge in [0.2, 0.25) is 0 Å². The third-order valence-electron chi connectivity index (χ3n) is 2.39. The van der Waals surface area contributed by atoms with Crippen LogP contribution >= 0.6 is 22.6 Å². The van der Waals surface area contributed by atoms with Crippen LogP contribution in [0.2, 0.25) is 0 Å². The second kappa shape index (κ2) is 5.66. The Kier molecular flexibility index (Phi) is 4.73. The number of carbonyl (C=O) groups is 1. The van der Waals surface area contributed by atoms with Crippen LogP contribution in [0.3, 0.4) is 0 Å². The van der Waals surface area contributed by atoms with Crippen molar-refractivity contribution in [3.8, 4) is 0 Å². The summed E-state index contributed by atoms with van der Waals surface area (Å²) in [5.41, 5.74) is 0.190. The first-order valence-corrected chi connectivity index (χ1v) is 6.22. The van der Waals surface area contributed by atoms with Crippen molar-refractivity contribution in [3.05, 3.63) is 27.6 Å². The average molecular weight is 351 g/mol. The van der Waals surface area contributed by atoms with E-state index in [1.165, 1.54) is 19.2 Å². The number of anilines is 1. The summed E-state index contributed by atoms with van der Waals surface area (Å²) in [5.74, 6) is -0.547. The number of rotatable bonds is 4. The fourth-order valence-corrected chi connectivity index (χ4v) is 1.97. The molecule has 0 unspecified atom stereocenters. The van der Waals surface area contributed by atoms with E-state index in [1.807, 2.05) is 22.6 Å². The molecule has 0 atom stereocenters. The molecule has 0 saturated carbocycles. The van der Waals surface area contributed by atoms with Crippen LogP contribution in [0.25, 0.3) is 0 Å². The summed E-state index contributed by atoms with van der Waals surface area (Å²) < 4.78 is 18.4. The molecular formula is C12H15FINO2. The molecule has 1 aromatic carbocycles. The molecule has 1 rings (SSSR count). The molecule has 0 saturated heterocycles. The summed E-state index contributed by atoms with van der Waals surface area (Å²) in [5, 5.41) is 3.12. The van der Waals surface area contributed by atoms with E-state index in [0.29, 0.717) is 6.54 Å². The molecule has 0 fully saturated rings. The van der Waals surface area contributed by atoms with Crippen LogP contribution in [0.15, 0.2) is 18.2 Å². The number of benzene rings is 1. The Morgan fingerprint density at radius 1 is 1.53 bits per heavy atom. The molecule has 0 spiro atoms. The van der Waals surface area contributed by atoms with Crippen LogP contribution in [0.5, 0.6) is 0 Å². The Morgan fingerprint density at radius 3 is 2.71 bits per heavy atom. The lowest BCUT2D eigenvalue weighted by Gasteiger charge is -2.22. The van der Waals surface area contributed by atoms with Gasteiger partial charge in [-0.05, 0) is 54.6 Å². The maximum Gasteiger partial charge on any atom is 0.313 e. The second-order valence-electron chi connectivity index (χ2n) is 4.35. The number of halogens is 2. The number of hydrogen-bond donors (Lipinski definition) is 1. The molecule has 1 N–H and O–H groups in total. The number of methoxy groups -OCH3 is 1. The SMILES string of the molecule is COC(=O)C(C)(C)CNc1ccc(F)cc1I. The van der Waals surface area contributed by atoms with Crippen molar-refractivity contribution >= 4 is 34.2 Å². The topological polar surface area (TPSA) is 38.3 Å². The van der Waals surface area contributed by atoms with Crippen molar-refractivity contribution in [3.63, 3.8) is 0 Å². The molecule has 0 heterocycles. The van der Waals surface area contributed by atoms with Gasteiger partial charge in [-0.3, -0.25) is 4.79 Å². The van der Waals surface area contributed by atoms with Gasteiger partial charge < -0.3 is 10.1 Å². The van der Waals surface area contributed by atoms with Crippen LogP contribution in [0.4, 0.5) is 10.1 Å². The molecule has 0 aliphatic rings. The van der Waals surface area contributed by atoms with Gasteiger partial charge in [0.1, 0.15) is 5.82 Å². The van der Waals surface area contributed by atoms with E-state index in [9.17, 15) is 9.18 Å². The van der Waals surface area contributed by atoms with Gasteiger partial charge in [0.25, 0.3) is 0 Å². The van der Waals surface area contributed by atoms with E-state index in [1.54, 1.807) is 19.9 Å². The van der Waals surface area contributed by atoms with Crippen molar-refractivity contribution < 1.29 is 13.9 Å². The molecule has 0 bridgehead atoms. The smallest absolute Gasteiger partial charge is 0.313 e. The molecule has 1 aromatic rings. The number of hydrogen-bond acceptors (Lipinski definition) is 3. The third-order valence-corrected chi connectivity index (χ3v) is 3.28. The summed E-state index contributed by atoms with van der Waals surface area (Å²) in [7, 11) is 1.37. The highest BCUT2D eigenvalue weighted by Crippen LogP contribution is 2.22. The number of nitrogens with one attached hydrogen (secondary N) is 1. The second-order valence-corrected chi connectivity index (χ2v) is 5.52. The van der Waals surface area contributed by atoms with Crippen LogP contribution in [-0.2, 0) is 9.53 Å². The maximum absolute atomic E-state index is 12.9. The first-order valence-electron chi connectivity index (χ1n) is 5.14. The van der Waals surface area contributed by atoms with E-state index >= 15 is 0 Å². The number of esters is 1.